The number of hydrogen-bond donors (Lipinski definition) is 1. The van der Waals surface area contributed by atoms with Crippen molar-refractivity contribution in [3.63, 3.8) is 0 Å². The lowest BCUT2D eigenvalue weighted by atomic mass is 9.95. The molecule has 6 heteroatoms. The van der Waals surface area contributed by atoms with Gasteiger partial charge in [0.15, 0.2) is 0 Å². The fraction of sp³-hybridized carbons (Fsp3) is 0.467. The minimum atomic E-state index is -0.512. The molecule has 21 heavy (non-hydrogen) atoms. The standard InChI is InChI=1S/C15H18N2O4/c1-15(7-3-4-8-20-15)14-16-13(21-17-14)11-6-5-10(19-2)9-12(11)18/h5-6,9,18H,3-4,7-8H2,1-2H3. The Morgan fingerprint density at radius 3 is 2.86 bits per heavy atom. The average molecular weight is 290 g/mol. The number of aromatic nitrogens is 2. The Morgan fingerprint density at radius 2 is 2.19 bits per heavy atom. The Labute approximate surface area is 122 Å². The molecule has 3 rings (SSSR count). The van der Waals surface area contributed by atoms with Gasteiger partial charge in [-0.25, -0.2) is 0 Å². The molecule has 2 aromatic rings. The summed E-state index contributed by atoms with van der Waals surface area (Å²) in [7, 11) is 1.54. The Balaban J connectivity index is 1.91. The monoisotopic (exact) mass is 290 g/mol. The largest absolute Gasteiger partial charge is 0.507 e. The molecule has 112 valence electrons. The molecule has 1 aliphatic heterocycles. The molecular formula is C15H18N2O4. The van der Waals surface area contributed by atoms with Crippen LogP contribution in [-0.2, 0) is 10.3 Å². The van der Waals surface area contributed by atoms with E-state index in [0.717, 1.165) is 19.3 Å². The summed E-state index contributed by atoms with van der Waals surface area (Å²) < 4.78 is 16.1. The van der Waals surface area contributed by atoms with Crippen LogP contribution in [0.5, 0.6) is 11.5 Å². The number of phenolic OH excluding ortho intramolecular Hbond substituents is 1. The van der Waals surface area contributed by atoms with Gasteiger partial charge in [0, 0.05) is 12.7 Å². The van der Waals surface area contributed by atoms with Gasteiger partial charge in [0.05, 0.1) is 12.7 Å². The summed E-state index contributed by atoms with van der Waals surface area (Å²) in [4.78, 5) is 4.39. The first-order valence-corrected chi connectivity index (χ1v) is 6.98. The summed E-state index contributed by atoms with van der Waals surface area (Å²) >= 11 is 0. The van der Waals surface area contributed by atoms with Gasteiger partial charge in [0.1, 0.15) is 17.1 Å². The number of aromatic hydroxyl groups is 1. The molecule has 0 radical (unpaired) electrons. The molecule has 1 aliphatic rings. The Morgan fingerprint density at radius 1 is 1.33 bits per heavy atom. The van der Waals surface area contributed by atoms with Crippen LogP contribution >= 0.6 is 0 Å². The van der Waals surface area contributed by atoms with E-state index < -0.39 is 5.60 Å². The van der Waals surface area contributed by atoms with E-state index in [1.807, 2.05) is 6.92 Å². The van der Waals surface area contributed by atoms with E-state index >= 15 is 0 Å². The molecule has 1 N–H and O–H groups in total. The molecule has 6 nitrogen and oxygen atoms in total. The van der Waals surface area contributed by atoms with Gasteiger partial charge < -0.3 is 19.1 Å². The maximum Gasteiger partial charge on any atom is 0.261 e. The van der Waals surface area contributed by atoms with Crippen molar-refractivity contribution in [1.82, 2.24) is 10.1 Å². The highest BCUT2D eigenvalue weighted by Crippen LogP contribution is 2.36. The van der Waals surface area contributed by atoms with E-state index in [2.05, 4.69) is 10.1 Å². The number of hydrogen-bond acceptors (Lipinski definition) is 6. The molecule has 1 unspecified atom stereocenters. The van der Waals surface area contributed by atoms with Crippen LogP contribution in [0.3, 0.4) is 0 Å². The second-order valence-corrected chi connectivity index (χ2v) is 5.34. The third-order valence-electron chi connectivity index (χ3n) is 3.80. The fourth-order valence-corrected chi connectivity index (χ4v) is 2.48. The van der Waals surface area contributed by atoms with Crippen LogP contribution in [0.4, 0.5) is 0 Å². The topological polar surface area (TPSA) is 77.6 Å². The van der Waals surface area contributed by atoms with Crippen molar-refractivity contribution in [2.75, 3.05) is 13.7 Å². The van der Waals surface area contributed by atoms with Crippen LogP contribution in [0.15, 0.2) is 22.7 Å². The maximum absolute atomic E-state index is 10.0. The highest BCUT2D eigenvalue weighted by molar-refractivity contribution is 5.63. The first-order chi connectivity index (χ1) is 10.1. The van der Waals surface area contributed by atoms with Gasteiger partial charge in [-0.3, -0.25) is 0 Å². The first-order valence-electron chi connectivity index (χ1n) is 6.98. The number of rotatable bonds is 3. The number of phenols is 1. The summed E-state index contributed by atoms with van der Waals surface area (Å²) in [6.07, 6.45) is 2.99. The van der Waals surface area contributed by atoms with Gasteiger partial charge in [-0.1, -0.05) is 5.16 Å². The zero-order valence-electron chi connectivity index (χ0n) is 12.1. The molecule has 1 atom stereocenters. The lowest BCUT2D eigenvalue weighted by molar-refractivity contribution is -0.0770. The lowest BCUT2D eigenvalue weighted by Gasteiger charge is -2.30. The second kappa shape index (κ2) is 5.37. The third-order valence-corrected chi connectivity index (χ3v) is 3.80. The molecule has 1 fully saturated rings. The predicted octanol–water partition coefficient (Wildman–Crippen LogP) is 2.87. The smallest absolute Gasteiger partial charge is 0.261 e. The van der Waals surface area contributed by atoms with Crippen molar-refractivity contribution in [2.24, 2.45) is 0 Å². The molecule has 0 aliphatic carbocycles. The minimum Gasteiger partial charge on any atom is -0.507 e. The van der Waals surface area contributed by atoms with Crippen molar-refractivity contribution >= 4 is 0 Å². The molecule has 1 saturated heterocycles. The summed E-state index contributed by atoms with van der Waals surface area (Å²) in [6.45, 7) is 2.67. The third kappa shape index (κ3) is 2.58. The molecule has 1 aromatic heterocycles. The number of nitrogens with zero attached hydrogens (tertiary/aromatic N) is 2. The number of benzene rings is 1. The Kier molecular flexibility index (Phi) is 3.55. The van der Waals surface area contributed by atoms with Crippen LogP contribution in [0.25, 0.3) is 11.5 Å². The normalized spacial score (nSPS) is 22.2. The van der Waals surface area contributed by atoms with Crippen molar-refractivity contribution in [1.29, 1.82) is 0 Å². The summed E-state index contributed by atoms with van der Waals surface area (Å²) in [6, 6.07) is 4.94. The van der Waals surface area contributed by atoms with E-state index in [4.69, 9.17) is 14.0 Å². The van der Waals surface area contributed by atoms with Gasteiger partial charge in [0.2, 0.25) is 5.82 Å². The van der Waals surface area contributed by atoms with E-state index in [9.17, 15) is 5.11 Å². The lowest BCUT2D eigenvalue weighted by Crippen LogP contribution is -2.31. The molecule has 0 spiro atoms. The second-order valence-electron chi connectivity index (χ2n) is 5.34. The summed E-state index contributed by atoms with van der Waals surface area (Å²) in [5.41, 5.74) is -0.0313. The van der Waals surface area contributed by atoms with E-state index in [1.165, 1.54) is 6.07 Å². The SMILES string of the molecule is COc1ccc(-c2nc(C3(C)CCCCO3)no2)c(O)c1. The van der Waals surface area contributed by atoms with Crippen LogP contribution in [0.1, 0.15) is 32.0 Å². The van der Waals surface area contributed by atoms with Crippen molar-refractivity contribution in [3.8, 4) is 23.0 Å². The molecule has 0 saturated carbocycles. The molecule has 0 bridgehead atoms. The number of methoxy groups -OCH3 is 1. The Hall–Kier alpha value is -2.08. The zero-order valence-corrected chi connectivity index (χ0v) is 12.1. The molecular weight excluding hydrogens is 272 g/mol. The van der Waals surface area contributed by atoms with Gasteiger partial charge in [-0.15, -0.1) is 0 Å². The zero-order chi connectivity index (χ0) is 14.9. The van der Waals surface area contributed by atoms with Crippen molar-refractivity contribution in [3.05, 3.63) is 24.0 Å². The predicted molar refractivity (Wildman–Crippen MR) is 75.1 cm³/mol. The van der Waals surface area contributed by atoms with Gasteiger partial charge in [0.25, 0.3) is 5.89 Å². The molecule has 1 aromatic carbocycles. The molecule has 0 amide bonds. The van der Waals surface area contributed by atoms with Gasteiger partial charge >= 0.3 is 0 Å². The Bertz CT molecular complexity index is 632. The first kappa shape index (κ1) is 13.9. The van der Waals surface area contributed by atoms with Gasteiger partial charge in [-0.05, 0) is 38.3 Å². The highest BCUT2D eigenvalue weighted by Gasteiger charge is 2.35. The fourth-order valence-electron chi connectivity index (χ4n) is 2.48. The van der Waals surface area contributed by atoms with Crippen molar-refractivity contribution < 1.29 is 19.1 Å². The van der Waals surface area contributed by atoms with Crippen LogP contribution in [0, 0.1) is 0 Å². The minimum absolute atomic E-state index is 0.0410. The summed E-state index contributed by atoms with van der Waals surface area (Å²) in [5, 5.41) is 14.0. The van der Waals surface area contributed by atoms with Crippen LogP contribution in [0.2, 0.25) is 0 Å². The number of ether oxygens (including phenoxy) is 2. The van der Waals surface area contributed by atoms with E-state index in [-0.39, 0.29) is 11.6 Å². The van der Waals surface area contributed by atoms with E-state index in [0.29, 0.717) is 23.7 Å². The van der Waals surface area contributed by atoms with Crippen LogP contribution < -0.4 is 4.74 Å². The highest BCUT2D eigenvalue weighted by atomic mass is 16.5. The maximum atomic E-state index is 10.0. The van der Waals surface area contributed by atoms with Gasteiger partial charge in [-0.2, -0.15) is 4.98 Å². The summed E-state index contributed by atoms with van der Waals surface area (Å²) in [5.74, 6) is 1.41. The van der Waals surface area contributed by atoms with Crippen LogP contribution in [-0.4, -0.2) is 29.0 Å². The average Bonchev–Trinajstić information content (AvgIpc) is 2.98. The van der Waals surface area contributed by atoms with E-state index in [1.54, 1.807) is 19.2 Å². The quantitative estimate of drug-likeness (QED) is 0.936. The molecule has 2 heterocycles. The van der Waals surface area contributed by atoms with Crippen molar-refractivity contribution in [2.45, 2.75) is 31.8 Å².